The number of carbonyl (C=O) groups excluding carboxylic acids is 1. The van der Waals surface area contributed by atoms with Crippen molar-refractivity contribution in [1.29, 1.82) is 0 Å². The van der Waals surface area contributed by atoms with E-state index in [1.807, 2.05) is 19.9 Å². The molecule has 0 radical (unpaired) electrons. The first kappa shape index (κ1) is 15.5. The van der Waals surface area contributed by atoms with Gasteiger partial charge in [0.25, 0.3) is 0 Å². The number of esters is 1. The molecule has 0 saturated carbocycles. The molecule has 0 spiro atoms. The zero-order valence-electron chi connectivity index (χ0n) is 12.9. The molecule has 2 heterocycles. The van der Waals surface area contributed by atoms with Crippen LogP contribution in [0.15, 0.2) is 12.4 Å². The van der Waals surface area contributed by atoms with E-state index in [-0.39, 0.29) is 18.1 Å². The molecule has 2 rings (SSSR count). The van der Waals surface area contributed by atoms with Gasteiger partial charge in [-0.25, -0.2) is 9.97 Å². The normalized spacial score (nSPS) is 18.7. The predicted octanol–water partition coefficient (Wildman–Crippen LogP) is 2.19. The maximum atomic E-state index is 11.6. The van der Waals surface area contributed by atoms with Crippen molar-refractivity contribution in [2.75, 3.05) is 18.6 Å². The van der Waals surface area contributed by atoms with Crippen LogP contribution in [0.25, 0.3) is 0 Å². The van der Waals surface area contributed by atoms with E-state index in [1.54, 1.807) is 0 Å². The summed E-state index contributed by atoms with van der Waals surface area (Å²) >= 11 is 0. The van der Waals surface area contributed by atoms with Crippen molar-refractivity contribution in [3.63, 3.8) is 0 Å². The zero-order chi connectivity index (χ0) is 15.2. The quantitative estimate of drug-likeness (QED) is 0.775. The van der Waals surface area contributed by atoms with Crippen molar-refractivity contribution in [2.45, 2.75) is 51.7 Å². The Labute approximate surface area is 125 Å². The molecule has 1 aromatic heterocycles. The number of carbonyl (C=O) groups is 1. The molecule has 6 nitrogen and oxygen atoms in total. The molecule has 1 aromatic rings. The molecule has 1 saturated heterocycles. The lowest BCUT2D eigenvalue weighted by Gasteiger charge is -2.36. The molecule has 0 bridgehead atoms. The topological polar surface area (TPSA) is 64.5 Å². The minimum absolute atomic E-state index is 0.0694. The summed E-state index contributed by atoms with van der Waals surface area (Å²) in [4.78, 5) is 22.2. The van der Waals surface area contributed by atoms with Crippen LogP contribution in [0, 0.1) is 0 Å². The second-order valence-electron chi connectivity index (χ2n) is 5.50. The van der Waals surface area contributed by atoms with Gasteiger partial charge in [-0.3, -0.25) is 4.79 Å². The SMILES string of the molecule is COC(=O)CC1CCCCN1c1cc(OC(C)C)ncn1. The Balaban J connectivity index is 2.14. The van der Waals surface area contributed by atoms with Crippen LogP contribution in [-0.4, -0.2) is 41.7 Å². The van der Waals surface area contributed by atoms with Crippen molar-refractivity contribution in [3.05, 3.63) is 12.4 Å². The smallest absolute Gasteiger partial charge is 0.307 e. The van der Waals surface area contributed by atoms with Gasteiger partial charge >= 0.3 is 5.97 Å². The first-order valence-corrected chi connectivity index (χ1v) is 7.42. The maximum absolute atomic E-state index is 11.6. The first-order chi connectivity index (χ1) is 10.1. The van der Waals surface area contributed by atoms with E-state index >= 15 is 0 Å². The molecule has 116 valence electrons. The van der Waals surface area contributed by atoms with Crippen molar-refractivity contribution < 1.29 is 14.3 Å². The fourth-order valence-electron chi connectivity index (χ4n) is 2.58. The molecule has 0 amide bonds. The molecule has 1 aliphatic heterocycles. The van der Waals surface area contributed by atoms with Crippen molar-refractivity contribution in [3.8, 4) is 5.88 Å². The lowest BCUT2D eigenvalue weighted by molar-refractivity contribution is -0.141. The summed E-state index contributed by atoms with van der Waals surface area (Å²) in [7, 11) is 1.43. The van der Waals surface area contributed by atoms with Crippen molar-refractivity contribution in [1.82, 2.24) is 9.97 Å². The first-order valence-electron chi connectivity index (χ1n) is 7.42. The van der Waals surface area contributed by atoms with E-state index in [4.69, 9.17) is 9.47 Å². The number of nitrogens with zero attached hydrogens (tertiary/aromatic N) is 3. The summed E-state index contributed by atoms with van der Waals surface area (Å²) in [6.45, 7) is 4.81. The molecular formula is C15H23N3O3. The van der Waals surface area contributed by atoms with Gasteiger partial charge in [-0.2, -0.15) is 0 Å². The molecule has 1 atom stereocenters. The van der Waals surface area contributed by atoms with E-state index in [1.165, 1.54) is 13.4 Å². The van der Waals surface area contributed by atoms with E-state index in [2.05, 4.69) is 14.9 Å². The fourth-order valence-corrected chi connectivity index (χ4v) is 2.58. The Morgan fingerprint density at radius 1 is 1.43 bits per heavy atom. The third-order valence-electron chi connectivity index (χ3n) is 3.54. The van der Waals surface area contributed by atoms with Gasteiger partial charge < -0.3 is 14.4 Å². The molecule has 0 aromatic carbocycles. The fraction of sp³-hybridized carbons (Fsp3) is 0.667. The maximum Gasteiger partial charge on any atom is 0.307 e. The van der Waals surface area contributed by atoms with Crippen LogP contribution in [0.5, 0.6) is 5.88 Å². The van der Waals surface area contributed by atoms with E-state index in [0.717, 1.165) is 31.6 Å². The highest BCUT2D eigenvalue weighted by Crippen LogP contribution is 2.26. The Kier molecular flexibility index (Phi) is 5.36. The lowest BCUT2D eigenvalue weighted by atomic mass is 9.99. The third kappa shape index (κ3) is 4.31. The number of aromatic nitrogens is 2. The molecule has 1 unspecified atom stereocenters. The summed E-state index contributed by atoms with van der Waals surface area (Å²) in [6, 6.07) is 1.98. The molecular weight excluding hydrogens is 270 g/mol. The number of piperidine rings is 1. The van der Waals surface area contributed by atoms with Crippen LogP contribution in [0.3, 0.4) is 0 Å². The van der Waals surface area contributed by atoms with Crippen LogP contribution in [0.1, 0.15) is 39.5 Å². The number of methoxy groups -OCH3 is 1. The average Bonchev–Trinajstić information content (AvgIpc) is 2.47. The number of hydrogen-bond acceptors (Lipinski definition) is 6. The van der Waals surface area contributed by atoms with Crippen molar-refractivity contribution in [2.24, 2.45) is 0 Å². The second kappa shape index (κ2) is 7.24. The Hall–Kier alpha value is -1.85. The molecule has 1 fully saturated rings. The minimum atomic E-state index is -0.181. The summed E-state index contributed by atoms with van der Waals surface area (Å²) in [5.41, 5.74) is 0. The third-order valence-corrected chi connectivity index (χ3v) is 3.54. The van der Waals surface area contributed by atoms with Gasteiger partial charge in [0, 0.05) is 18.7 Å². The van der Waals surface area contributed by atoms with Gasteiger partial charge in [0.2, 0.25) is 5.88 Å². The number of ether oxygens (including phenoxy) is 2. The molecule has 1 aliphatic rings. The van der Waals surface area contributed by atoms with E-state index in [9.17, 15) is 4.79 Å². The van der Waals surface area contributed by atoms with Crippen LogP contribution >= 0.6 is 0 Å². The minimum Gasteiger partial charge on any atom is -0.475 e. The van der Waals surface area contributed by atoms with Crippen LogP contribution in [-0.2, 0) is 9.53 Å². The average molecular weight is 293 g/mol. The second-order valence-corrected chi connectivity index (χ2v) is 5.50. The zero-order valence-corrected chi connectivity index (χ0v) is 12.9. The van der Waals surface area contributed by atoms with Crippen LogP contribution < -0.4 is 9.64 Å². The highest BCUT2D eigenvalue weighted by atomic mass is 16.5. The van der Waals surface area contributed by atoms with Gasteiger partial charge in [-0.1, -0.05) is 0 Å². The molecule has 21 heavy (non-hydrogen) atoms. The lowest BCUT2D eigenvalue weighted by Crippen LogP contribution is -2.41. The van der Waals surface area contributed by atoms with Gasteiger partial charge in [0.05, 0.1) is 19.6 Å². The summed E-state index contributed by atoms with van der Waals surface area (Å²) in [5.74, 6) is 1.20. The monoisotopic (exact) mass is 293 g/mol. The van der Waals surface area contributed by atoms with E-state index in [0.29, 0.717) is 12.3 Å². The highest BCUT2D eigenvalue weighted by Gasteiger charge is 2.26. The van der Waals surface area contributed by atoms with Gasteiger partial charge in [0.1, 0.15) is 12.1 Å². The van der Waals surface area contributed by atoms with Crippen LogP contribution in [0.2, 0.25) is 0 Å². The number of hydrogen-bond donors (Lipinski definition) is 0. The van der Waals surface area contributed by atoms with Gasteiger partial charge in [-0.15, -0.1) is 0 Å². The van der Waals surface area contributed by atoms with Gasteiger partial charge in [0.15, 0.2) is 0 Å². The number of anilines is 1. The largest absolute Gasteiger partial charge is 0.475 e. The molecule has 0 aliphatic carbocycles. The molecule has 6 heteroatoms. The van der Waals surface area contributed by atoms with Crippen molar-refractivity contribution >= 4 is 11.8 Å². The summed E-state index contributed by atoms with van der Waals surface area (Å²) in [6.07, 6.45) is 5.16. The standard InChI is InChI=1S/C15H23N3O3/c1-11(2)21-14-9-13(16-10-17-14)18-7-5-4-6-12(18)8-15(19)20-3/h9-12H,4-8H2,1-3H3. The Bertz CT molecular complexity index is 479. The number of rotatable bonds is 5. The van der Waals surface area contributed by atoms with Gasteiger partial charge in [-0.05, 0) is 33.1 Å². The Morgan fingerprint density at radius 3 is 2.95 bits per heavy atom. The Morgan fingerprint density at radius 2 is 2.24 bits per heavy atom. The predicted molar refractivity (Wildman–Crippen MR) is 79.4 cm³/mol. The molecule has 0 N–H and O–H groups in total. The summed E-state index contributed by atoms with van der Waals surface area (Å²) < 4.78 is 10.4. The van der Waals surface area contributed by atoms with Crippen LogP contribution in [0.4, 0.5) is 5.82 Å². The highest BCUT2D eigenvalue weighted by molar-refractivity contribution is 5.70. The van der Waals surface area contributed by atoms with E-state index < -0.39 is 0 Å². The summed E-state index contributed by atoms with van der Waals surface area (Å²) in [5, 5.41) is 0.